The first-order valence-electron chi connectivity index (χ1n) is 5.69. The van der Waals surface area contributed by atoms with Gasteiger partial charge < -0.3 is 15.5 Å². The molecule has 0 fully saturated rings. The fraction of sp³-hybridized carbons (Fsp3) is 0.364. The molecule has 0 bridgehead atoms. The van der Waals surface area contributed by atoms with Crippen LogP contribution in [0, 0.1) is 0 Å². The summed E-state index contributed by atoms with van der Waals surface area (Å²) in [5.41, 5.74) is 7.42. The lowest BCUT2D eigenvalue weighted by Gasteiger charge is -2.10. The Kier molecular flexibility index (Phi) is 3.63. The molecule has 19 heavy (non-hydrogen) atoms. The van der Waals surface area contributed by atoms with Crippen LogP contribution in [0.15, 0.2) is 22.6 Å². The second kappa shape index (κ2) is 5.06. The number of nitrogens with zero attached hydrogens (tertiary/aromatic N) is 2. The summed E-state index contributed by atoms with van der Waals surface area (Å²) in [6.07, 6.45) is 0. The molecule has 2 rings (SSSR count). The Morgan fingerprint density at radius 2 is 2.16 bits per heavy atom. The fourth-order valence-corrected chi connectivity index (χ4v) is 2.24. The predicted octanol–water partition coefficient (Wildman–Crippen LogP) is 0.713. The number of oxazole rings is 1. The molecule has 0 saturated heterocycles. The van der Waals surface area contributed by atoms with E-state index in [4.69, 9.17) is 10.2 Å². The average Bonchev–Trinajstić information content (AvgIpc) is 2.73. The number of nitrogens with one attached hydrogen (secondary N) is 1. The molecule has 3 N–H and O–H groups in total. The Hall–Kier alpha value is -1.80. The van der Waals surface area contributed by atoms with Gasteiger partial charge >= 0.3 is 0 Å². The van der Waals surface area contributed by atoms with Crippen LogP contribution in [0.4, 0.5) is 11.7 Å². The molecule has 0 aliphatic heterocycles. The zero-order valence-electron chi connectivity index (χ0n) is 10.8. The SMILES string of the molecule is CN(C)S(=O)(=O)CCNc1nc2c(N)cccc2o1. The third-order valence-corrected chi connectivity index (χ3v) is 4.48. The highest BCUT2D eigenvalue weighted by molar-refractivity contribution is 7.89. The maximum atomic E-state index is 11.6. The van der Waals surface area contributed by atoms with E-state index in [1.165, 1.54) is 18.4 Å². The van der Waals surface area contributed by atoms with Crippen molar-refractivity contribution in [1.82, 2.24) is 9.29 Å². The van der Waals surface area contributed by atoms with Gasteiger partial charge in [-0.05, 0) is 12.1 Å². The van der Waals surface area contributed by atoms with Crippen LogP contribution in [-0.2, 0) is 10.0 Å². The Bertz CT molecular complexity index is 678. The lowest BCUT2D eigenvalue weighted by molar-refractivity contribution is 0.521. The molecule has 2 aromatic rings. The molecule has 0 aliphatic rings. The van der Waals surface area contributed by atoms with E-state index in [0.29, 0.717) is 16.8 Å². The zero-order chi connectivity index (χ0) is 14.0. The highest BCUT2D eigenvalue weighted by Gasteiger charge is 2.14. The molecule has 0 amide bonds. The van der Waals surface area contributed by atoms with Crippen LogP contribution in [-0.4, -0.2) is 44.1 Å². The van der Waals surface area contributed by atoms with E-state index in [1.54, 1.807) is 18.2 Å². The van der Waals surface area contributed by atoms with Crippen molar-refractivity contribution < 1.29 is 12.8 Å². The van der Waals surface area contributed by atoms with Gasteiger partial charge in [0, 0.05) is 20.6 Å². The van der Waals surface area contributed by atoms with Crippen LogP contribution in [0.25, 0.3) is 11.1 Å². The number of rotatable bonds is 5. The molecule has 0 unspecified atom stereocenters. The first-order chi connectivity index (χ1) is 8.90. The van der Waals surface area contributed by atoms with Gasteiger partial charge in [-0.15, -0.1) is 0 Å². The monoisotopic (exact) mass is 284 g/mol. The highest BCUT2D eigenvalue weighted by atomic mass is 32.2. The summed E-state index contributed by atoms with van der Waals surface area (Å²) in [7, 11) is -0.239. The molecule has 104 valence electrons. The standard InChI is InChI=1S/C11H16N4O3S/c1-15(2)19(16,17)7-6-13-11-14-10-8(12)4-3-5-9(10)18-11/h3-5H,6-7,12H2,1-2H3,(H,13,14). The van der Waals surface area contributed by atoms with Crippen molar-refractivity contribution in [3.8, 4) is 0 Å². The van der Waals surface area contributed by atoms with Crippen LogP contribution >= 0.6 is 0 Å². The minimum Gasteiger partial charge on any atom is -0.423 e. The number of fused-ring (bicyclic) bond motifs is 1. The number of para-hydroxylation sites is 1. The van der Waals surface area contributed by atoms with E-state index in [-0.39, 0.29) is 18.3 Å². The molecular formula is C11H16N4O3S. The zero-order valence-corrected chi connectivity index (χ0v) is 11.6. The van der Waals surface area contributed by atoms with Gasteiger partial charge in [0.2, 0.25) is 10.0 Å². The predicted molar refractivity (Wildman–Crippen MR) is 74.4 cm³/mol. The third-order valence-electron chi connectivity index (χ3n) is 2.64. The van der Waals surface area contributed by atoms with Crippen molar-refractivity contribution >= 4 is 32.8 Å². The number of benzene rings is 1. The van der Waals surface area contributed by atoms with E-state index in [1.807, 2.05) is 0 Å². The lowest BCUT2D eigenvalue weighted by Crippen LogP contribution is -2.28. The van der Waals surface area contributed by atoms with Gasteiger partial charge in [-0.2, -0.15) is 4.98 Å². The molecule has 1 heterocycles. The average molecular weight is 284 g/mol. The lowest BCUT2D eigenvalue weighted by atomic mass is 10.3. The second-order valence-electron chi connectivity index (χ2n) is 4.24. The largest absolute Gasteiger partial charge is 0.423 e. The summed E-state index contributed by atoms with van der Waals surface area (Å²) in [6.45, 7) is 0.216. The van der Waals surface area contributed by atoms with E-state index in [2.05, 4.69) is 10.3 Å². The first-order valence-corrected chi connectivity index (χ1v) is 7.30. The maximum Gasteiger partial charge on any atom is 0.295 e. The molecule has 0 aliphatic carbocycles. The smallest absolute Gasteiger partial charge is 0.295 e. The van der Waals surface area contributed by atoms with Gasteiger partial charge in [0.25, 0.3) is 6.01 Å². The van der Waals surface area contributed by atoms with Crippen molar-refractivity contribution in [1.29, 1.82) is 0 Å². The van der Waals surface area contributed by atoms with Crippen LogP contribution in [0.3, 0.4) is 0 Å². The second-order valence-corrected chi connectivity index (χ2v) is 6.54. The Labute approximate surface area is 111 Å². The summed E-state index contributed by atoms with van der Waals surface area (Å²) in [6, 6.07) is 5.51. The van der Waals surface area contributed by atoms with Gasteiger partial charge in [0.15, 0.2) is 5.58 Å². The van der Waals surface area contributed by atoms with E-state index in [9.17, 15) is 8.42 Å². The number of aromatic nitrogens is 1. The summed E-state index contributed by atoms with van der Waals surface area (Å²) in [5, 5.41) is 2.83. The van der Waals surface area contributed by atoms with Gasteiger partial charge in [-0.3, -0.25) is 0 Å². The van der Waals surface area contributed by atoms with Crippen molar-refractivity contribution in [2.45, 2.75) is 0 Å². The highest BCUT2D eigenvalue weighted by Crippen LogP contribution is 2.23. The van der Waals surface area contributed by atoms with Crippen LogP contribution in [0.2, 0.25) is 0 Å². The van der Waals surface area contributed by atoms with Crippen LogP contribution < -0.4 is 11.1 Å². The molecule has 0 radical (unpaired) electrons. The topological polar surface area (TPSA) is 101 Å². The Morgan fingerprint density at radius 3 is 2.79 bits per heavy atom. The molecular weight excluding hydrogens is 268 g/mol. The van der Waals surface area contributed by atoms with Crippen molar-refractivity contribution in [3.05, 3.63) is 18.2 Å². The Balaban J connectivity index is 2.05. The molecule has 8 heteroatoms. The quantitative estimate of drug-likeness (QED) is 0.784. The van der Waals surface area contributed by atoms with E-state index < -0.39 is 10.0 Å². The normalized spacial score (nSPS) is 12.2. The van der Waals surface area contributed by atoms with Crippen molar-refractivity contribution in [2.75, 3.05) is 37.4 Å². The van der Waals surface area contributed by atoms with Gasteiger partial charge in [-0.25, -0.2) is 12.7 Å². The van der Waals surface area contributed by atoms with Crippen molar-refractivity contribution in [2.24, 2.45) is 0 Å². The molecule has 0 spiro atoms. The Morgan fingerprint density at radius 1 is 1.42 bits per heavy atom. The number of anilines is 2. The van der Waals surface area contributed by atoms with Crippen molar-refractivity contribution in [3.63, 3.8) is 0 Å². The number of hydrogen-bond acceptors (Lipinski definition) is 6. The molecule has 7 nitrogen and oxygen atoms in total. The molecule has 1 aromatic heterocycles. The van der Waals surface area contributed by atoms with Crippen LogP contribution in [0.5, 0.6) is 0 Å². The van der Waals surface area contributed by atoms with Gasteiger partial charge in [0.05, 0.1) is 11.4 Å². The number of sulfonamides is 1. The maximum absolute atomic E-state index is 11.6. The molecule has 0 atom stereocenters. The summed E-state index contributed by atoms with van der Waals surface area (Å²) in [5.74, 6) is -0.0335. The van der Waals surface area contributed by atoms with Gasteiger partial charge in [-0.1, -0.05) is 6.07 Å². The number of nitrogens with two attached hydrogens (primary N) is 1. The molecule has 1 aromatic carbocycles. The summed E-state index contributed by atoms with van der Waals surface area (Å²) < 4.78 is 29.7. The molecule has 0 saturated carbocycles. The van der Waals surface area contributed by atoms with E-state index in [0.717, 1.165) is 0 Å². The van der Waals surface area contributed by atoms with E-state index >= 15 is 0 Å². The summed E-state index contributed by atoms with van der Waals surface area (Å²) >= 11 is 0. The number of hydrogen-bond donors (Lipinski definition) is 2. The van der Waals surface area contributed by atoms with Crippen LogP contribution in [0.1, 0.15) is 0 Å². The van der Waals surface area contributed by atoms with Gasteiger partial charge in [0.1, 0.15) is 5.52 Å². The third kappa shape index (κ3) is 2.96. The number of nitrogen functional groups attached to an aromatic ring is 1. The minimum atomic E-state index is -3.23. The fourth-order valence-electron chi connectivity index (χ4n) is 1.51. The first kappa shape index (κ1) is 13.6. The minimum absolute atomic E-state index is 0.0335. The summed E-state index contributed by atoms with van der Waals surface area (Å²) in [4.78, 5) is 4.17.